The number of rotatable bonds is 4. The molecule has 2 aromatic rings. The Morgan fingerprint density at radius 2 is 2.00 bits per heavy atom. The van der Waals surface area contributed by atoms with Gasteiger partial charge in [-0.15, -0.1) is 0 Å². The monoisotopic (exact) mass is 323 g/mol. The standard InChI is InChI=1S/C21H25NO2/c1-14-5-4-6-16(9-14)11-18-12-19(13-22-21(18)23)17-7-8-20(24-3)15(2)10-17/h4-10,18-19H,11-13H2,1-3H3,(H,22,23)/t18-,19-/m1/s1. The number of carbonyl (C=O) groups excluding carboxylic acids is 1. The summed E-state index contributed by atoms with van der Waals surface area (Å²) in [6.07, 6.45) is 1.70. The molecule has 2 aromatic carbocycles. The maximum Gasteiger partial charge on any atom is 0.223 e. The van der Waals surface area contributed by atoms with Crippen molar-refractivity contribution in [2.75, 3.05) is 13.7 Å². The molecule has 0 radical (unpaired) electrons. The Labute approximate surface area is 144 Å². The second kappa shape index (κ2) is 7.08. The molecule has 0 saturated carbocycles. The Hall–Kier alpha value is -2.29. The lowest BCUT2D eigenvalue weighted by Crippen LogP contribution is -2.41. The summed E-state index contributed by atoms with van der Waals surface area (Å²) < 4.78 is 5.35. The van der Waals surface area contributed by atoms with Crippen molar-refractivity contribution in [2.24, 2.45) is 5.92 Å². The number of nitrogens with one attached hydrogen (secondary N) is 1. The van der Waals surface area contributed by atoms with Crippen molar-refractivity contribution in [3.8, 4) is 5.75 Å². The lowest BCUT2D eigenvalue weighted by molar-refractivity contribution is -0.126. The number of amides is 1. The van der Waals surface area contributed by atoms with E-state index >= 15 is 0 Å². The molecule has 3 heteroatoms. The number of piperidine rings is 1. The zero-order valence-electron chi connectivity index (χ0n) is 14.6. The van der Waals surface area contributed by atoms with Crippen LogP contribution >= 0.6 is 0 Å². The number of benzene rings is 2. The maximum absolute atomic E-state index is 12.3. The minimum absolute atomic E-state index is 0.0351. The van der Waals surface area contributed by atoms with Crippen LogP contribution in [0.3, 0.4) is 0 Å². The first-order valence-corrected chi connectivity index (χ1v) is 8.54. The molecule has 0 aromatic heterocycles. The maximum atomic E-state index is 12.3. The van der Waals surface area contributed by atoms with E-state index in [0.29, 0.717) is 5.92 Å². The molecule has 1 amide bonds. The summed E-state index contributed by atoms with van der Waals surface area (Å²) in [5, 5.41) is 3.09. The molecule has 24 heavy (non-hydrogen) atoms. The quantitative estimate of drug-likeness (QED) is 0.930. The molecule has 0 spiro atoms. The smallest absolute Gasteiger partial charge is 0.223 e. The molecular weight excluding hydrogens is 298 g/mol. The summed E-state index contributed by atoms with van der Waals surface area (Å²) in [7, 11) is 1.70. The third-order valence-corrected chi connectivity index (χ3v) is 4.92. The third-order valence-electron chi connectivity index (χ3n) is 4.92. The van der Waals surface area contributed by atoms with E-state index in [1.807, 2.05) is 6.07 Å². The fourth-order valence-electron chi connectivity index (χ4n) is 3.61. The highest BCUT2D eigenvalue weighted by Gasteiger charge is 2.29. The molecule has 1 aliphatic rings. The number of methoxy groups -OCH3 is 1. The van der Waals surface area contributed by atoms with Crippen molar-refractivity contribution in [3.05, 3.63) is 64.7 Å². The largest absolute Gasteiger partial charge is 0.496 e. The van der Waals surface area contributed by atoms with Crippen LogP contribution in [0.2, 0.25) is 0 Å². The molecule has 0 unspecified atom stereocenters. The average Bonchev–Trinajstić information content (AvgIpc) is 2.57. The minimum Gasteiger partial charge on any atom is -0.496 e. The van der Waals surface area contributed by atoms with Crippen LogP contribution in [-0.2, 0) is 11.2 Å². The van der Waals surface area contributed by atoms with Crippen LogP contribution < -0.4 is 10.1 Å². The van der Waals surface area contributed by atoms with Gasteiger partial charge in [0.25, 0.3) is 0 Å². The van der Waals surface area contributed by atoms with E-state index in [9.17, 15) is 4.79 Å². The summed E-state index contributed by atoms with van der Waals surface area (Å²) in [4.78, 5) is 12.3. The number of hydrogen-bond donors (Lipinski definition) is 1. The Balaban J connectivity index is 1.75. The van der Waals surface area contributed by atoms with Crippen LogP contribution in [0.1, 0.15) is 34.6 Å². The molecule has 0 aliphatic carbocycles. The van der Waals surface area contributed by atoms with Crippen molar-refractivity contribution in [1.82, 2.24) is 5.32 Å². The van der Waals surface area contributed by atoms with E-state index in [2.05, 4.69) is 55.6 Å². The zero-order chi connectivity index (χ0) is 17.1. The normalized spacial score (nSPS) is 20.5. The second-order valence-corrected chi connectivity index (χ2v) is 6.80. The number of hydrogen-bond acceptors (Lipinski definition) is 2. The second-order valence-electron chi connectivity index (χ2n) is 6.80. The lowest BCUT2D eigenvalue weighted by atomic mass is 9.81. The number of carbonyl (C=O) groups is 1. The summed E-state index contributed by atoms with van der Waals surface area (Å²) >= 11 is 0. The Morgan fingerprint density at radius 1 is 1.17 bits per heavy atom. The van der Waals surface area contributed by atoms with Gasteiger partial charge >= 0.3 is 0 Å². The van der Waals surface area contributed by atoms with Crippen LogP contribution in [0, 0.1) is 19.8 Å². The van der Waals surface area contributed by atoms with Gasteiger partial charge in [0.2, 0.25) is 5.91 Å². The van der Waals surface area contributed by atoms with Crippen molar-refractivity contribution >= 4 is 5.91 Å². The van der Waals surface area contributed by atoms with Crippen molar-refractivity contribution in [1.29, 1.82) is 0 Å². The highest BCUT2D eigenvalue weighted by Crippen LogP contribution is 2.31. The van der Waals surface area contributed by atoms with Gasteiger partial charge in [-0.2, -0.15) is 0 Å². The Bertz CT molecular complexity index is 738. The third kappa shape index (κ3) is 3.61. The van der Waals surface area contributed by atoms with Crippen LogP contribution in [0.25, 0.3) is 0 Å². The SMILES string of the molecule is COc1ccc([C@H]2CNC(=O)[C@H](Cc3cccc(C)c3)C2)cc1C. The molecule has 3 rings (SSSR count). The summed E-state index contributed by atoms with van der Waals surface area (Å²) in [6, 6.07) is 14.8. The number of ether oxygens (including phenoxy) is 1. The van der Waals surface area contributed by atoms with Gasteiger partial charge in [-0.05, 0) is 49.4 Å². The Morgan fingerprint density at radius 3 is 2.71 bits per heavy atom. The summed E-state index contributed by atoms with van der Waals surface area (Å²) in [5.41, 5.74) is 4.90. The average molecular weight is 323 g/mol. The Kier molecular flexibility index (Phi) is 4.89. The molecule has 126 valence electrons. The van der Waals surface area contributed by atoms with E-state index in [0.717, 1.165) is 30.7 Å². The highest BCUT2D eigenvalue weighted by atomic mass is 16.5. The molecule has 1 saturated heterocycles. The minimum atomic E-state index is 0.0351. The van der Waals surface area contributed by atoms with E-state index in [1.165, 1.54) is 16.7 Å². The van der Waals surface area contributed by atoms with Crippen LogP contribution in [0.5, 0.6) is 5.75 Å². The van der Waals surface area contributed by atoms with E-state index in [-0.39, 0.29) is 11.8 Å². The van der Waals surface area contributed by atoms with Gasteiger partial charge in [-0.1, -0.05) is 42.0 Å². The van der Waals surface area contributed by atoms with Gasteiger partial charge in [0.1, 0.15) is 5.75 Å². The van der Waals surface area contributed by atoms with Crippen LogP contribution in [0.15, 0.2) is 42.5 Å². The first-order chi connectivity index (χ1) is 11.6. The number of aryl methyl sites for hydroxylation is 2. The van der Waals surface area contributed by atoms with E-state index in [4.69, 9.17) is 4.74 Å². The summed E-state index contributed by atoms with van der Waals surface area (Å²) in [5.74, 6) is 1.49. The predicted octanol–water partition coefficient (Wildman–Crippen LogP) is 3.77. The molecule has 1 heterocycles. The predicted molar refractivity (Wildman–Crippen MR) is 96.5 cm³/mol. The zero-order valence-corrected chi connectivity index (χ0v) is 14.6. The van der Waals surface area contributed by atoms with Gasteiger partial charge in [-0.25, -0.2) is 0 Å². The van der Waals surface area contributed by atoms with Gasteiger partial charge < -0.3 is 10.1 Å². The van der Waals surface area contributed by atoms with E-state index < -0.39 is 0 Å². The molecule has 1 N–H and O–H groups in total. The molecule has 1 aliphatic heterocycles. The summed E-state index contributed by atoms with van der Waals surface area (Å²) in [6.45, 7) is 4.87. The van der Waals surface area contributed by atoms with Crippen molar-refractivity contribution in [2.45, 2.75) is 32.6 Å². The van der Waals surface area contributed by atoms with Crippen molar-refractivity contribution in [3.63, 3.8) is 0 Å². The topological polar surface area (TPSA) is 38.3 Å². The van der Waals surface area contributed by atoms with Crippen LogP contribution in [0.4, 0.5) is 0 Å². The molecule has 0 bridgehead atoms. The first kappa shape index (κ1) is 16.6. The van der Waals surface area contributed by atoms with Gasteiger partial charge in [0, 0.05) is 18.4 Å². The van der Waals surface area contributed by atoms with Gasteiger partial charge in [0.15, 0.2) is 0 Å². The fourth-order valence-corrected chi connectivity index (χ4v) is 3.61. The fraction of sp³-hybridized carbons (Fsp3) is 0.381. The van der Waals surface area contributed by atoms with Crippen molar-refractivity contribution < 1.29 is 9.53 Å². The lowest BCUT2D eigenvalue weighted by Gasteiger charge is -2.30. The van der Waals surface area contributed by atoms with Crippen LogP contribution in [-0.4, -0.2) is 19.6 Å². The van der Waals surface area contributed by atoms with E-state index in [1.54, 1.807) is 7.11 Å². The molecule has 1 fully saturated rings. The highest BCUT2D eigenvalue weighted by molar-refractivity contribution is 5.80. The molecule has 3 nitrogen and oxygen atoms in total. The molecule has 2 atom stereocenters. The molecular formula is C21H25NO2. The van der Waals surface area contributed by atoms with Gasteiger partial charge in [-0.3, -0.25) is 4.79 Å². The first-order valence-electron chi connectivity index (χ1n) is 8.54. The van der Waals surface area contributed by atoms with Gasteiger partial charge in [0.05, 0.1) is 7.11 Å².